The van der Waals surface area contributed by atoms with Gasteiger partial charge in [0.1, 0.15) is 5.75 Å². The van der Waals surface area contributed by atoms with E-state index < -0.39 is 0 Å². The van der Waals surface area contributed by atoms with Crippen LogP contribution in [0.25, 0.3) is 0 Å². The van der Waals surface area contributed by atoms with Gasteiger partial charge in [0.15, 0.2) is 0 Å². The molecule has 0 aliphatic carbocycles. The fourth-order valence-corrected chi connectivity index (χ4v) is 1.52. The average molecular weight is 257 g/mol. The van der Waals surface area contributed by atoms with E-state index in [0.717, 1.165) is 5.75 Å². The summed E-state index contributed by atoms with van der Waals surface area (Å²) in [7, 11) is 0. The Kier molecular flexibility index (Phi) is 4.87. The van der Waals surface area contributed by atoms with E-state index in [1.54, 1.807) is 36.9 Å². The van der Waals surface area contributed by atoms with Crippen LogP contribution >= 0.6 is 0 Å². The number of nitrogens with zero attached hydrogens (tertiary/aromatic N) is 2. The van der Waals surface area contributed by atoms with Crippen LogP contribution in [-0.4, -0.2) is 22.5 Å². The molecule has 1 amide bonds. The van der Waals surface area contributed by atoms with Crippen LogP contribution in [0.15, 0.2) is 49.1 Å². The topological polar surface area (TPSA) is 64.1 Å². The minimum absolute atomic E-state index is 0.0391. The van der Waals surface area contributed by atoms with Crippen LogP contribution in [0, 0.1) is 0 Å². The molecule has 2 heterocycles. The van der Waals surface area contributed by atoms with Crippen molar-refractivity contribution >= 4 is 11.6 Å². The molecule has 19 heavy (non-hydrogen) atoms. The van der Waals surface area contributed by atoms with E-state index in [1.165, 1.54) is 0 Å². The Bertz CT molecular complexity index is 503. The fraction of sp³-hybridized carbons (Fsp3) is 0.214. The summed E-state index contributed by atoms with van der Waals surface area (Å²) in [6.07, 6.45) is 7.68. The second kappa shape index (κ2) is 7.10. The zero-order valence-corrected chi connectivity index (χ0v) is 10.5. The number of hydrogen-bond donors (Lipinski definition) is 1. The molecule has 0 radical (unpaired) electrons. The summed E-state index contributed by atoms with van der Waals surface area (Å²) >= 11 is 0. The molecule has 98 valence electrons. The van der Waals surface area contributed by atoms with E-state index in [2.05, 4.69) is 15.3 Å². The Labute approximate surface area is 111 Å². The summed E-state index contributed by atoms with van der Waals surface area (Å²) in [6.45, 7) is 0.492. The lowest BCUT2D eigenvalue weighted by atomic mass is 10.3. The molecule has 0 unspecified atom stereocenters. The lowest BCUT2D eigenvalue weighted by molar-refractivity contribution is -0.116. The van der Waals surface area contributed by atoms with Gasteiger partial charge < -0.3 is 10.1 Å². The molecule has 0 saturated carbocycles. The van der Waals surface area contributed by atoms with Crippen molar-refractivity contribution in [2.24, 2.45) is 0 Å². The molecule has 0 fully saturated rings. The van der Waals surface area contributed by atoms with Crippen LogP contribution in [0.3, 0.4) is 0 Å². The normalized spacial score (nSPS) is 9.89. The quantitative estimate of drug-likeness (QED) is 0.806. The van der Waals surface area contributed by atoms with Gasteiger partial charge in [-0.25, -0.2) is 0 Å². The predicted molar refractivity (Wildman–Crippen MR) is 71.8 cm³/mol. The molecule has 5 heteroatoms. The largest absolute Gasteiger partial charge is 0.492 e. The van der Waals surface area contributed by atoms with Crippen molar-refractivity contribution in [3.05, 3.63) is 49.1 Å². The molecule has 0 bridgehead atoms. The van der Waals surface area contributed by atoms with Gasteiger partial charge in [0.2, 0.25) is 5.91 Å². The van der Waals surface area contributed by atoms with Crippen LogP contribution in [0.4, 0.5) is 5.69 Å². The van der Waals surface area contributed by atoms with Crippen molar-refractivity contribution < 1.29 is 9.53 Å². The van der Waals surface area contributed by atoms with Gasteiger partial charge in [-0.1, -0.05) is 0 Å². The minimum atomic E-state index is -0.0391. The zero-order chi connectivity index (χ0) is 13.3. The van der Waals surface area contributed by atoms with Crippen molar-refractivity contribution in [1.29, 1.82) is 0 Å². The number of anilines is 1. The van der Waals surface area contributed by atoms with Crippen molar-refractivity contribution in [3.8, 4) is 5.75 Å². The summed E-state index contributed by atoms with van der Waals surface area (Å²) in [4.78, 5) is 19.5. The molecule has 5 nitrogen and oxygen atoms in total. The highest BCUT2D eigenvalue weighted by atomic mass is 16.5. The Balaban J connectivity index is 1.65. The van der Waals surface area contributed by atoms with E-state index >= 15 is 0 Å². The third-order valence-corrected chi connectivity index (χ3v) is 2.40. The third-order valence-electron chi connectivity index (χ3n) is 2.40. The maximum atomic E-state index is 11.6. The maximum absolute atomic E-state index is 11.6. The smallest absolute Gasteiger partial charge is 0.224 e. The standard InChI is InChI=1S/C14H15N3O2/c18-14(17-12-4-1-7-15-10-12)6-3-9-19-13-5-2-8-16-11-13/h1-2,4-5,7-8,10-11H,3,6,9H2,(H,17,18). The lowest BCUT2D eigenvalue weighted by Gasteiger charge is -2.06. The maximum Gasteiger partial charge on any atom is 0.224 e. The molecule has 0 saturated heterocycles. The number of pyridine rings is 2. The average Bonchev–Trinajstić information content (AvgIpc) is 2.46. The second-order valence-corrected chi connectivity index (χ2v) is 3.93. The number of nitrogens with one attached hydrogen (secondary N) is 1. The Morgan fingerprint density at radius 1 is 1.16 bits per heavy atom. The first kappa shape index (κ1) is 13.0. The summed E-state index contributed by atoms with van der Waals surface area (Å²) in [5.41, 5.74) is 0.709. The number of ether oxygens (including phenoxy) is 1. The van der Waals surface area contributed by atoms with Crippen LogP contribution in [-0.2, 0) is 4.79 Å². The van der Waals surface area contributed by atoms with Crippen molar-refractivity contribution in [1.82, 2.24) is 9.97 Å². The molecule has 2 aromatic heterocycles. The molecule has 2 rings (SSSR count). The molecular formula is C14H15N3O2. The number of amides is 1. The molecular weight excluding hydrogens is 242 g/mol. The summed E-state index contributed by atoms with van der Waals surface area (Å²) in [5, 5.41) is 2.77. The van der Waals surface area contributed by atoms with Gasteiger partial charge in [-0.3, -0.25) is 14.8 Å². The first-order chi connectivity index (χ1) is 9.34. The zero-order valence-electron chi connectivity index (χ0n) is 10.5. The number of hydrogen-bond acceptors (Lipinski definition) is 4. The second-order valence-electron chi connectivity index (χ2n) is 3.93. The van der Waals surface area contributed by atoms with E-state index in [0.29, 0.717) is 25.1 Å². The molecule has 0 spiro atoms. The van der Waals surface area contributed by atoms with Gasteiger partial charge in [0.25, 0.3) is 0 Å². The van der Waals surface area contributed by atoms with Crippen LogP contribution in [0.1, 0.15) is 12.8 Å². The predicted octanol–water partition coefficient (Wildman–Crippen LogP) is 2.27. The highest BCUT2D eigenvalue weighted by molar-refractivity contribution is 5.90. The van der Waals surface area contributed by atoms with E-state index in [-0.39, 0.29) is 5.91 Å². The molecule has 1 N–H and O–H groups in total. The van der Waals surface area contributed by atoms with Crippen LogP contribution in [0.2, 0.25) is 0 Å². The molecule has 0 aromatic carbocycles. The van der Waals surface area contributed by atoms with Gasteiger partial charge >= 0.3 is 0 Å². The van der Waals surface area contributed by atoms with E-state index in [1.807, 2.05) is 12.1 Å². The van der Waals surface area contributed by atoms with Crippen molar-refractivity contribution in [3.63, 3.8) is 0 Å². The van der Waals surface area contributed by atoms with Crippen LogP contribution < -0.4 is 10.1 Å². The van der Waals surface area contributed by atoms with Gasteiger partial charge in [-0.15, -0.1) is 0 Å². The molecule has 0 aliphatic heterocycles. The highest BCUT2D eigenvalue weighted by Gasteiger charge is 2.02. The first-order valence-corrected chi connectivity index (χ1v) is 6.07. The lowest BCUT2D eigenvalue weighted by Crippen LogP contribution is -2.12. The monoisotopic (exact) mass is 257 g/mol. The highest BCUT2D eigenvalue weighted by Crippen LogP contribution is 2.08. The molecule has 0 aliphatic rings. The number of carbonyl (C=O) groups excluding carboxylic acids is 1. The fourth-order valence-electron chi connectivity index (χ4n) is 1.52. The SMILES string of the molecule is O=C(CCCOc1cccnc1)Nc1cccnc1. The van der Waals surface area contributed by atoms with E-state index in [9.17, 15) is 4.79 Å². The van der Waals surface area contributed by atoms with Gasteiger partial charge in [0, 0.05) is 18.8 Å². The molecule has 2 aromatic rings. The third kappa shape index (κ3) is 4.75. The van der Waals surface area contributed by atoms with Gasteiger partial charge in [-0.05, 0) is 30.7 Å². The summed E-state index contributed by atoms with van der Waals surface area (Å²) < 4.78 is 5.45. The van der Waals surface area contributed by atoms with Gasteiger partial charge in [-0.2, -0.15) is 0 Å². The molecule has 0 atom stereocenters. The van der Waals surface area contributed by atoms with Gasteiger partial charge in [0.05, 0.1) is 24.7 Å². The summed E-state index contributed by atoms with van der Waals surface area (Å²) in [6, 6.07) is 7.23. The number of rotatable bonds is 6. The Morgan fingerprint density at radius 2 is 1.95 bits per heavy atom. The summed E-state index contributed by atoms with van der Waals surface area (Å²) in [5.74, 6) is 0.679. The number of aromatic nitrogens is 2. The number of carbonyl (C=O) groups is 1. The van der Waals surface area contributed by atoms with Crippen molar-refractivity contribution in [2.45, 2.75) is 12.8 Å². The van der Waals surface area contributed by atoms with Crippen LogP contribution in [0.5, 0.6) is 5.75 Å². The first-order valence-electron chi connectivity index (χ1n) is 6.07. The Morgan fingerprint density at radius 3 is 2.63 bits per heavy atom. The van der Waals surface area contributed by atoms with Crippen molar-refractivity contribution in [2.75, 3.05) is 11.9 Å². The minimum Gasteiger partial charge on any atom is -0.492 e. The van der Waals surface area contributed by atoms with E-state index in [4.69, 9.17) is 4.74 Å². The Hall–Kier alpha value is -2.43.